The Hall–Kier alpha value is -3.96. The van der Waals surface area contributed by atoms with Crippen molar-refractivity contribution in [2.75, 3.05) is 17.2 Å². The molecule has 32 heavy (non-hydrogen) atoms. The van der Waals surface area contributed by atoms with Gasteiger partial charge in [0.2, 0.25) is 5.91 Å². The number of benzene rings is 2. The second-order valence-electron chi connectivity index (χ2n) is 6.46. The molecule has 0 unspecified atom stereocenters. The van der Waals surface area contributed by atoms with Crippen molar-refractivity contribution in [3.63, 3.8) is 0 Å². The van der Waals surface area contributed by atoms with Gasteiger partial charge in [0.05, 0.1) is 16.2 Å². The number of esters is 1. The quantitative estimate of drug-likeness (QED) is 0.337. The van der Waals surface area contributed by atoms with Gasteiger partial charge in [-0.05, 0) is 24.6 Å². The number of para-hydroxylation sites is 1. The zero-order chi connectivity index (χ0) is 23.7. The Morgan fingerprint density at radius 1 is 0.969 bits per heavy atom. The maximum Gasteiger partial charge on any atom is 0.418 e. The summed E-state index contributed by atoms with van der Waals surface area (Å²) in [6.07, 6.45) is -4.90. The van der Waals surface area contributed by atoms with Crippen molar-refractivity contribution < 1.29 is 37.2 Å². The van der Waals surface area contributed by atoms with Crippen LogP contribution in [0.25, 0.3) is 0 Å². The van der Waals surface area contributed by atoms with E-state index in [1.165, 1.54) is 36.4 Å². The lowest BCUT2D eigenvalue weighted by molar-refractivity contribution is -0.384. The first-order valence-corrected chi connectivity index (χ1v) is 9.22. The first-order chi connectivity index (χ1) is 15.1. The minimum atomic E-state index is -4.66. The first kappa shape index (κ1) is 24.3. The van der Waals surface area contributed by atoms with Gasteiger partial charge < -0.3 is 15.4 Å². The molecule has 0 heterocycles. The van der Waals surface area contributed by atoms with Gasteiger partial charge in [-0.1, -0.05) is 18.2 Å². The van der Waals surface area contributed by atoms with Gasteiger partial charge in [0, 0.05) is 30.7 Å². The van der Waals surface area contributed by atoms with Gasteiger partial charge in [0.15, 0.2) is 6.61 Å². The maximum atomic E-state index is 12.9. The number of halogens is 3. The second kappa shape index (κ2) is 10.9. The maximum absolute atomic E-state index is 12.9. The number of non-ortho nitro benzene ring substituents is 1. The van der Waals surface area contributed by atoms with Gasteiger partial charge in [-0.25, -0.2) is 0 Å². The van der Waals surface area contributed by atoms with E-state index in [4.69, 9.17) is 4.74 Å². The molecule has 9 nitrogen and oxygen atoms in total. The van der Waals surface area contributed by atoms with E-state index in [1.54, 1.807) is 0 Å². The van der Waals surface area contributed by atoms with E-state index in [1.807, 2.05) is 5.32 Å². The van der Waals surface area contributed by atoms with E-state index in [0.29, 0.717) is 0 Å². The molecule has 0 atom stereocenters. The summed E-state index contributed by atoms with van der Waals surface area (Å²) in [4.78, 5) is 45.5. The number of carbonyl (C=O) groups excluding carboxylic acids is 3. The summed E-state index contributed by atoms with van der Waals surface area (Å²) >= 11 is 0. The lowest BCUT2D eigenvalue weighted by Crippen LogP contribution is -2.22. The molecule has 0 aliphatic heterocycles. The standard InChI is InChI=1S/C20H18F3N3O6/c21-20(22,23)15-7-1-2-8-16(15)25-18(28)12-32-19(29)10-4-9-17(27)24-13-5-3-6-14(11-13)26(30)31/h1-3,5-8,11H,4,9-10,12H2,(H,24,27)(H,25,28). The Bertz CT molecular complexity index is 1010. The number of alkyl halides is 3. The molecule has 2 N–H and O–H groups in total. The highest BCUT2D eigenvalue weighted by Crippen LogP contribution is 2.34. The van der Waals surface area contributed by atoms with Crippen molar-refractivity contribution in [3.8, 4) is 0 Å². The lowest BCUT2D eigenvalue weighted by atomic mass is 10.1. The topological polar surface area (TPSA) is 128 Å². The lowest BCUT2D eigenvalue weighted by Gasteiger charge is -2.13. The first-order valence-electron chi connectivity index (χ1n) is 9.22. The normalized spacial score (nSPS) is 10.8. The molecule has 170 valence electrons. The van der Waals surface area contributed by atoms with E-state index < -0.39 is 46.7 Å². The molecular weight excluding hydrogens is 435 g/mol. The molecule has 0 aromatic heterocycles. The number of hydrogen-bond acceptors (Lipinski definition) is 6. The number of carbonyl (C=O) groups is 3. The van der Waals surface area contributed by atoms with Crippen LogP contribution in [0.5, 0.6) is 0 Å². The molecule has 0 spiro atoms. The highest BCUT2D eigenvalue weighted by Gasteiger charge is 2.33. The molecule has 0 fully saturated rings. The average molecular weight is 453 g/mol. The number of hydrogen-bond donors (Lipinski definition) is 2. The molecule has 0 bridgehead atoms. The van der Waals surface area contributed by atoms with Crippen molar-refractivity contribution in [1.29, 1.82) is 0 Å². The molecule has 0 saturated heterocycles. The summed E-state index contributed by atoms with van der Waals surface area (Å²) in [5.74, 6) is -2.24. The zero-order valence-corrected chi connectivity index (χ0v) is 16.5. The van der Waals surface area contributed by atoms with E-state index in [-0.39, 0.29) is 30.6 Å². The molecule has 2 aromatic rings. The zero-order valence-electron chi connectivity index (χ0n) is 16.5. The van der Waals surface area contributed by atoms with Gasteiger partial charge in [-0.2, -0.15) is 13.2 Å². The van der Waals surface area contributed by atoms with Crippen molar-refractivity contribution in [3.05, 3.63) is 64.2 Å². The molecule has 0 aliphatic carbocycles. The Balaban J connectivity index is 1.72. The van der Waals surface area contributed by atoms with E-state index in [9.17, 15) is 37.7 Å². The van der Waals surface area contributed by atoms with Crippen molar-refractivity contribution in [1.82, 2.24) is 0 Å². The van der Waals surface area contributed by atoms with Crippen LogP contribution in [0.15, 0.2) is 48.5 Å². The molecule has 0 saturated carbocycles. The monoisotopic (exact) mass is 453 g/mol. The fraction of sp³-hybridized carbons (Fsp3) is 0.250. The van der Waals surface area contributed by atoms with E-state index in [2.05, 4.69) is 5.32 Å². The predicted molar refractivity (Wildman–Crippen MR) is 107 cm³/mol. The number of anilines is 2. The Morgan fingerprint density at radius 3 is 2.38 bits per heavy atom. The van der Waals surface area contributed by atoms with Crippen molar-refractivity contribution in [2.45, 2.75) is 25.4 Å². The number of nitro benzene ring substituents is 1. The molecule has 2 amide bonds. The summed E-state index contributed by atoms with van der Waals surface area (Å²) < 4.78 is 43.4. The summed E-state index contributed by atoms with van der Waals surface area (Å²) in [7, 11) is 0. The van der Waals surface area contributed by atoms with Gasteiger partial charge in [0.1, 0.15) is 0 Å². The molecule has 2 rings (SSSR count). The van der Waals surface area contributed by atoms with E-state index >= 15 is 0 Å². The molecular formula is C20H18F3N3O6. The third kappa shape index (κ3) is 7.70. The van der Waals surface area contributed by atoms with Crippen LogP contribution in [-0.2, 0) is 25.3 Å². The van der Waals surface area contributed by atoms with Crippen LogP contribution in [0.3, 0.4) is 0 Å². The van der Waals surface area contributed by atoms with Crippen LogP contribution in [0.1, 0.15) is 24.8 Å². The summed E-state index contributed by atoms with van der Waals surface area (Å²) in [5, 5.41) is 15.2. The Labute approximate surface area is 179 Å². The van der Waals surface area contributed by atoms with Crippen molar-refractivity contribution >= 4 is 34.8 Å². The van der Waals surface area contributed by atoms with Gasteiger partial charge in [-0.15, -0.1) is 0 Å². The number of nitro groups is 1. The van der Waals surface area contributed by atoms with Gasteiger partial charge >= 0.3 is 12.1 Å². The third-order valence-electron chi connectivity index (χ3n) is 4.00. The van der Waals surface area contributed by atoms with Crippen LogP contribution >= 0.6 is 0 Å². The SMILES string of the molecule is O=C(CCCC(=O)OCC(=O)Nc1ccccc1C(F)(F)F)Nc1cccc([N+](=O)[O-])c1. The predicted octanol–water partition coefficient (Wildman–Crippen LogP) is 3.90. The van der Waals surface area contributed by atoms with Crippen LogP contribution < -0.4 is 10.6 Å². The fourth-order valence-corrected chi connectivity index (χ4v) is 2.56. The van der Waals surface area contributed by atoms with Crippen molar-refractivity contribution in [2.24, 2.45) is 0 Å². The average Bonchev–Trinajstić information content (AvgIpc) is 2.72. The number of rotatable bonds is 9. The number of nitrogens with one attached hydrogen (secondary N) is 2. The smallest absolute Gasteiger partial charge is 0.418 e. The van der Waals surface area contributed by atoms with Crippen LogP contribution in [0, 0.1) is 10.1 Å². The van der Waals surface area contributed by atoms with Crippen LogP contribution in [-0.4, -0.2) is 29.3 Å². The fourth-order valence-electron chi connectivity index (χ4n) is 2.56. The van der Waals surface area contributed by atoms with Gasteiger partial charge in [0.25, 0.3) is 11.6 Å². The number of ether oxygens (including phenoxy) is 1. The number of amides is 2. The highest BCUT2D eigenvalue weighted by atomic mass is 19.4. The Morgan fingerprint density at radius 2 is 1.69 bits per heavy atom. The van der Waals surface area contributed by atoms with Crippen LogP contribution in [0.4, 0.5) is 30.2 Å². The highest BCUT2D eigenvalue weighted by molar-refractivity contribution is 5.94. The number of nitrogens with zero attached hydrogens (tertiary/aromatic N) is 1. The second-order valence-corrected chi connectivity index (χ2v) is 6.46. The minimum absolute atomic E-state index is 0.0676. The third-order valence-corrected chi connectivity index (χ3v) is 4.00. The summed E-state index contributed by atoms with van der Waals surface area (Å²) in [6.45, 7) is -0.787. The molecule has 12 heteroatoms. The largest absolute Gasteiger partial charge is 0.456 e. The summed E-state index contributed by atoms with van der Waals surface area (Å²) in [6, 6.07) is 9.69. The molecule has 0 radical (unpaired) electrons. The van der Waals surface area contributed by atoms with Crippen LogP contribution in [0.2, 0.25) is 0 Å². The summed E-state index contributed by atoms with van der Waals surface area (Å²) in [5.41, 5.74) is -1.46. The van der Waals surface area contributed by atoms with Gasteiger partial charge in [-0.3, -0.25) is 24.5 Å². The minimum Gasteiger partial charge on any atom is -0.456 e. The Kier molecular flexibility index (Phi) is 8.27. The molecule has 2 aromatic carbocycles. The molecule has 0 aliphatic rings. The van der Waals surface area contributed by atoms with E-state index in [0.717, 1.165) is 12.1 Å².